The van der Waals surface area contributed by atoms with Crippen LogP contribution in [0, 0.1) is 0 Å². The molecule has 0 bridgehead atoms. The summed E-state index contributed by atoms with van der Waals surface area (Å²) in [4.78, 5) is 0. The van der Waals surface area contributed by atoms with E-state index < -0.39 is 0 Å². The first-order chi connectivity index (χ1) is 28.2. The maximum Gasteiger partial charge on any atom is 0.135 e. The van der Waals surface area contributed by atoms with Crippen molar-refractivity contribution in [2.45, 2.75) is 12.8 Å². The predicted molar refractivity (Wildman–Crippen MR) is 238 cm³/mol. The van der Waals surface area contributed by atoms with Crippen molar-refractivity contribution in [3.63, 3.8) is 0 Å². The Hall–Kier alpha value is -7.30. The second kappa shape index (κ2) is 12.6. The van der Waals surface area contributed by atoms with Gasteiger partial charge in [-0.2, -0.15) is 0 Å². The van der Waals surface area contributed by atoms with Crippen LogP contribution in [0.2, 0.25) is 0 Å². The molecule has 270 valence electrons. The molecule has 0 atom stereocenters. The van der Waals surface area contributed by atoms with Gasteiger partial charge in [0.15, 0.2) is 0 Å². The van der Waals surface area contributed by atoms with Crippen LogP contribution in [0.25, 0.3) is 100 Å². The SMILES string of the molecule is C1=Cc2c(c3cc(-c4ccc5c(c4)c4ccccc4n5C4=CC=C(c5ccc(-c6ccc7oc8ccccc8c7c6)cc5)CN4)ccc3n2-c2ccccc2)CC1. The van der Waals surface area contributed by atoms with Gasteiger partial charge in [-0.1, -0.05) is 109 Å². The number of nitrogens with one attached hydrogen (secondary N) is 1. The summed E-state index contributed by atoms with van der Waals surface area (Å²) in [6, 6.07) is 57.2. The first-order valence-corrected chi connectivity index (χ1v) is 19.9. The zero-order valence-electron chi connectivity index (χ0n) is 31.2. The molecule has 0 saturated carbocycles. The van der Waals surface area contributed by atoms with E-state index in [0.29, 0.717) is 0 Å². The van der Waals surface area contributed by atoms with Gasteiger partial charge in [0.05, 0.1) is 16.6 Å². The molecule has 0 spiro atoms. The first kappa shape index (κ1) is 32.0. The lowest BCUT2D eigenvalue weighted by Crippen LogP contribution is -2.22. The molecule has 0 radical (unpaired) electrons. The van der Waals surface area contributed by atoms with Gasteiger partial charge in [-0.25, -0.2) is 0 Å². The molecule has 0 saturated heterocycles. The molecular formula is C53H37N3O. The van der Waals surface area contributed by atoms with Crippen molar-refractivity contribution in [1.29, 1.82) is 0 Å². The fourth-order valence-corrected chi connectivity index (χ4v) is 9.30. The molecule has 1 N–H and O–H groups in total. The number of allylic oxidation sites excluding steroid dienone is 3. The molecule has 4 heteroatoms. The summed E-state index contributed by atoms with van der Waals surface area (Å²) >= 11 is 0. The first-order valence-electron chi connectivity index (χ1n) is 19.9. The topological polar surface area (TPSA) is 35.0 Å². The summed E-state index contributed by atoms with van der Waals surface area (Å²) in [6.45, 7) is 0.742. The van der Waals surface area contributed by atoms with E-state index in [4.69, 9.17) is 4.42 Å². The lowest BCUT2D eigenvalue weighted by Gasteiger charge is -2.20. The lowest BCUT2D eigenvalue weighted by atomic mass is 9.97. The standard InChI is InChI=1S/C53H37N3O/c1-2-10-40(11-3-1)55-47-15-7-4-12-41(47)44-30-37(22-26-49(44)55)38-23-27-50-45(31-38)42-13-5-8-16-48(42)56(50)53-29-25-39(33-54-53)35-20-18-34(19-21-35)36-24-28-52-46(32-36)43-14-6-9-17-51(43)57-52/h1-3,5-11,13-32,54H,4,12,33H2. The Bertz CT molecular complexity index is 3330. The summed E-state index contributed by atoms with van der Waals surface area (Å²) in [5, 5.41) is 9.94. The summed E-state index contributed by atoms with van der Waals surface area (Å²) in [7, 11) is 0. The van der Waals surface area contributed by atoms with Crippen molar-refractivity contribution in [1.82, 2.24) is 14.5 Å². The normalized spacial score (nSPS) is 14.0. The van der Waals surface area contributed by atoms with E-state index in [-0.39, 0.29) is 0 Å². The molecule has 57 heavy (non-hydrogen) atoms. The van der Waals surface area contributed by atoms with E-state index in [1.165, 1.54) is 83.0 Å². The molecule has 1 aliphatic carbocycles. The van der Waals surface area contributed by atoms with Gasteiger partial charge in [0.2, 0.25) is 0 Å². The molecule has 0 amide bonds. The second-order valence-corrected chi connectivity index (χ2v) is 15.3. The van der Waals surface area contributed by atoms with Crippen LogP contribution in [0.1, 0.15) is 23.2 Å². The van der Waals surface area contributed by atoms with Crippen LogP contribution in [0.3, 0.4) is 0 Å². The van der Waals surface area contributed by atoms with E-state index >= 15 is 0 Å². The van der Waals surface area contributed by atoms with Crippen LogP contribution in [0.5, 0.6) is 0 Å². The highest BCUT2D eigenvalue weighted by Gasteiger charge is 2.21. The van der Waals surface area contributed by atoms with Crippen molar-refractivity contribution in [2.24, 2.45) is 0 Å². The fraction of sp³-hybridized carbons (Fsp3) is 0.0566. The average molecular weight is 732 g/mol. The minimum absolute atomic E-state index is 0.742. The largest absolute Gasteiger partial charge is 0.456 e. The Morgan fingerprint density at radius 2 is 1.11 bits per heavy atom. The molecule has 1 aliphatic heterocycles. The average Bonchev–Trinajstić information content (AvgIpc) is 3.94. The number of furan rings is 1. The Morgan fingerprint density at radius 1 is 0.474 bits per heavy atom. The highest BCUT2D eigenvalue weighted by atomic mass is 16.3. The molecular weight excluding hydrogens is 695 g/mol. The molecule has 4 nitrogen and oxygen atoms in total. The third-order valence-electron chi connectivity index (χ3n) is 12.1. The zero-order chi connectivity index (χ0) is 37.5. The lowest BCUT2D eigenvalue weighted by molar-refractivity contribution is 0.669. The van der Waals surface area contributed by atoms with Crippen molar-refractivity contribution in [3.8, 4) is 27.9 Å². The van der Waals surface area contributed by atoms with Crippen molar-refractivity contribution >= 4 is 72.1 Å². The van der Waals surface area contributed by atoms with Crippen LogP contribution in [0.4, 0.5) is 0 Å². The molecule has 7 aromatic carbocycles. The monoisotopic (exact) mass is 731 g/mol. The molecule has 0 fully saturated rings. The number of fused-ring (bicyclic) bond motifs is 9. The van der Waals surface area contributed by atoms with Crippen LogP contribution in [0.15, 0.2) is 180 Å². The highest BCUT2D eigenvalue weighted by Crippen LogP contribution is 2.39. The smallest absolute Gasteiger partial charge is 0.135 e. The number of benzene rings is 7. The number of para-hydroxylation sites is 3. The maximum atomic E-state index is 6.06. The van der Waals surface area contributed by atoms with Crippen LogP contribution in [-0.4, -0.2) is 15.7 Å². The number of hydrogen-bond donors (Lipinski definition) is 1. The molecule has 4 heterocycles. The van der Waals surface area contributed by atoms with Gasteiger partial charge >= 0.3 is 0 Å². The Labute approximate surface area is 329 Å². The van der Waals surface area contributed by atoms with E-state index in [2.05, 4.69) is 184 Å². The van der Waals surface area contributed by atoms with Crippen molar-refractivity contribution < 1.29 is 4.42 Å². The summed E-state index contributed by atoms with van der Waals surface area (Å²) < 4.78 is 10.9. The van der Waals surface area contributed by atoms with Gasteiger partial charge in [-0.15, -0.1) is 0 Å². The van der Waals surface area contributed by atoms with Gasteiger partial charge in [-0.05, 0) is 125 Å². The van der Waals surface area contributed by atoms with Crippen molar-refractivity contribution in [3.05, 3.63) is 193 Å². The molecule has 3 aromatic heterocycles. The van der Waals surface area contributed by atoms with Gasteiger partial charge in [0.1, 0.15) is 17.0 Å². The summed E-state index contributed by atoms with van der Waals surface area (Å²) in [5.41, 5.74) is 16.8. The van der Waals surface area contributed by atoms with Crippen molar-refractivity contribution in [2.75, 3.05) is 6.54 Å². The van der Waals surface area contributed by atoms with Gasteiger partial charge in [0, 0.05) is 44.9 Å². The number of dihydropyridines is 1. The van der Waals surface area contributed by atoms with Gasteiger partial charge in [-0.3, -0.25) is 4.57 Å². The number of aryl methyl sites for hydroxylation is 1. The molecule has 10 aromatic rings. The Kier molecular flexibility index (Phi) is 7.08. The number of aromatic nitrogens is 2. The zero-order valence-corrected chi connectivity index (χ0v) is 31.2. The van der Waals surface area contributed by atoms with Crippen LogP contribution < -0.4 is 5.32 Å². The van der Waals surface area contributed by atoms with Crippen LogP contribution >= 0.6 is 0 Å². The third-order valence-corrected chi connectivity index (χ3v) is 12.1. The van der Waals surface area contributed by atoms with E-state index in [0.717, 1.165) is 47.1 Å². The minimum atomic E-state index is 0.742. The number of hydrogen-bond acceptors (Lipinski definition) is 2. The molecule has 12 rings (SSSR count). The third kappa shape index (κ3) is 5.07. The van der Waals surface area contributed by atoms with Gasteiger partial charge < -0.3 is 14.3 Å². The van der Waals surface area contributed by atoms with E-state index in [1.807, 2.05) is 12.1 Å². The van der Waals surface area contributed by atoms with E-state index in [9.17, 15) is 0 Å². The summed E-state index contributed by atoms with van der Waals surface area (Å²) in [6.07, 6.45) is 11.2. The minimum Gasteiger partial charge on any atom is -0.456 e. The Morgan fingerprint density at radius 3 is 1.93 bits per heavy atom. The maximum absolute atomic E-state index is 6.06. The quantitative estimate of drug-likeness (QED) is 0.191. The second-order valence-electron chi connectivity index (χ2n) is 15.3. The molecule has 2 aliphatic rings. The predicted octanol–water partition coefficient (Wildman–Crippen LogP) is 13.4. The van der Waals surface area contributed by atoms with E-state index in [1.54, 1.807) is 0 Å². The number of rotatable bonds is 5. The fourth-order valence-electron chi connectivity index (χ4n) is 9.30. The highest BCUT2D eigenvalue weighted by molar-refractivity contribution is 6.11. The molecule has 0 unspecified atom stereocenters. The number of nitrogens with zero attached hydrogens (tertiary/aromatic N) is 2. The van der Waals surface area contributed by atoms with Gasteiger partial charge in [0.25, 0.3) is 0 Å². The van der Waals surface area contributed by atoms with Crippen LogP contribution in [-0.2, 0) is 6.42 Å². The summed E-state index contributed by atoms with van der Waals surface area (Å²) in [5.74, 6) is 1.08. The Balaban J connectivity index is 0.884.